The number of piperidine rings is 1. The third kappa shape index (κ3) is 6.01. The van der Waals surface area contributed by atoms with Crippen LogP contribution in [-0.2, 0) is 6.42 Å². The zero-order valence-electron chi connectivity index (χ0n) is 20.8. The highest BCUT2D eigenvalue weighted by Gasteiger charge is 2.13. The molecular weight excluding hydrogens is 561 g/mol. The number of rotatable bonds is 7. The number of aromatic hydroxyl groups is 2. The van der Waals surface area contributed by atoms with Gasteiger partial charge in [0.25, 0.3) is 0 Å². The number of fused-ring (bicyclic) bond motifs is 1. The smallest absolute Gasteiger partial charge is 0.167 e. The van der Waals surface area contributed by atoms with Gasteiger partial charge < -0.3 is 19.5 Å². The lowest BCUT2D eigenvalue weighted by Gasteiger charge is -2.26. The minimum absolute atomic E-state index is 0.205. The van der Waals surface area contributed by atoms with Crippen LogP contribution in [0.5, 0.6) is 11.5 Å². The molecule has 5 heteroatoms. The highest BCUT2D eigenvalue weighted by atomic mass is 127. The van der Waals surface area contributed by atoms with Crippen LogP contribution in [0.25, 0.3) is 22.1 Å². The summed E-state index contributed by atoms with van der Waals surface area (Å²) in [7, 11) is 0. The first-order valence-corrected chi connectivity index (χ1v) is 15.1. The molecule has 4 aromatic rings. The average Bonchev–Trinajstić information content (AvgIpc) is 2.89. The summed E-state index contributed by atoms with van der Waals surface area (Å²) in [4.78, 5) is 2.62. The summed E-state index contributed by atoms with van der Waals surface area (Å²) in [6.07, 6.45) is 7.76. The largest absolute Gasteiger partial charge is 0.508 e. The first kappa shape index (κ1) is 25.0. The van der Waals surface area contributed by atoms with Crippen molar-refractivity contribution in [2.24, 2.45) is 0 Å². The Kier molecular flexibility index (Phi) is 8.07. The quantitative estimate of drug-likeness (QED) is 0.168. The zero-order chi connectivity index (χ0) is 24.9. The Bertz CT molecular complexity index is 1380. The van der Waals surface area contributed by atoms with Crippen LogP contribution in [0.2, 0.25) is 0 Å². The summed E-state index contributed by atoms with van der Waals surface area (Å²) >= 11 is -0.585. The number of aryl methyl sites for hydroxylation is 2. The fourth-order valence-corrected chi connectivity index (χ4v) is 7.64. The number of halogens is 1. The topological polar surface area (TPSA) is 56.8 Å². The van der Waals surface area contributed by atoms with Gasteiger partial charge in [-0.05, 0) is 132 Å². The summed E-state index contributed by atoms with van der Waals surface area (Å²) < 4.78 is 8.69. The van der Waals surface area contributed by atoms with Crippen molar-refractivity contribution < 1.29 is 14.6 Å². The Hall–Kier alpha value is -2.64. The molecule has 5 rings (SSSR count). The molecule has 188 valence electrons. The molecule has 0 unspecified atom stereocenters. The first-order chi connectivity index (χ1) is 17.6. The first-order valence-electron chi connectivity index (χ1n) is 12.9. The molecule has 4 nitrogen and oxygen atoms in total. The van der Waals surface area contributed by atoms with Gasteiger partial charge in [-0.3, -0.25) is 0 Å². The maximum atomic E-state index is 10.0. The number of nitrogens with zero attached hydrogens (tertiary/aromatic N) is 1. The lowest BCUT2D eigenvalue weighted by molar-refractivity contribution is 0.225. The summed E-state index contributed by atoms with van der Waals surface area (Å²) in [5, 5.41) is 20.8. The van der Waals surface area contributed by atoms with Crippen LogP contribution in [0.15, 0.2) is 71.1 Å². The van der Waals surface area contributed by atoms with Crippen molar-refractivity contribution in [1.82, 2.24) is 4.90 Å². The van der Waals surface area contributed by atoms with Gasteiger partial charge in [0, 0.05) is 20.6 Å². The van der Waals surface area contributed by atoms with E-state index in [1.807, 2.05) is 18.2 Å². The standard InChI is InChI=1S/C31H34INO3/c1-22-28-17-16-27(35)21-29(28)36-31(30(22)24-10-14-26(34)15-11-24)32-25-12-8-23(9-13-25)7-3-6-20-33-18-4-2-5-19-33/h8-17,21,34-35H,2-7,18-20H2,1H3. The molecule has 0 bridgehead atoms. The molecule has 1 aromatic heterocycles. The molecule has 1 fully saturated rings. The number of unbranched alkanes of at least 4 members (excludes halogenated alkanes) is 1. The van der Waals surface area contributed by atoms with E-state index in [1.165, 1.54) is 60.9 Å². The molecule has 2 heterocycles. The maximum absolute atomic E-state index is 10.0. The highest BCUT2D eigenvalue weighted by molar-refractivity contribution is 14.2. The maximum Gasteiger partial charge on any atom is 0.167 e. The fraction of sp³-hybridized carbons (Fsp3) is 0.323. The van der Waals surface area contributed by atoms with Gasteiger partial charge in [0.2, 0.25) is 0 Å². The van der Waals surface area contributed by atoms with E-state index in [0.717, 1.165) is 31.8 Å². The van der Waals surface area contributed by atoms with Crippen molar-refractivity contribution in [2.75, 3.05) is 19.6 Å². The van der Waals surface area contributed by atoms with Crippen molar-refractivity contribution >= 4 is 31.7 Å². The van der Waals surface area contributed by atoms with Crippen molar-refractivity contribution in [2.45, 2.75) is 45.4 Å². The molecular formula is C31H34INO3. The second kappa shape index (κ2) is 11.6. The molecule has 0 saturated carbocycles. The van der Waals surface area contributed by atoms with Gasteiger partial charge in [-0.25, -0.2) is 0 Å². The summed E-state index contributed by atoms with van der Waals surface area (Å²) in [5.74, 6) is 0.457. The molecule has 36 heavy (non-hydrogen) atoms. The Morgan fingerprint density at radius 2 is 1.56 bits per heavy atom. The molecule has 3 aromatic carbocycles. The van der Waals surface area contributed by atoms with Crippen LogP contribution in [0.4, 0.5) is 0 Å². The van der Waals surface area contributed by atoms with Gasteiger partial charge in [-0.15, -0.1) is 0 Å². The fourth-order valence-electron chi connectivity index (χ4n) is 5.02. The van der Waals surface area contributed by atoms with E-state index in [1.54, 1.807) is 24.3 Å². The van der Waals surface area contributed by atoms with Crippen LogP contribution >= 0.6 is 20.7 Å². The lowest BCUT2D eigenvalue weighted by Crippen LogP contribution is -2.30. The van der Waals surface area contributed by atoms with Crippen molar-refractivity contribution in [1.29, 1.82) is 0 Å². The second-order valence-electron chi connectivity index (χ2n) is 9.68. The molecule has 0 aliphatic carbocycles. The molecule has 0 amide bonds. The van der Waals surface area contributed by atoms with E-state index in [2.05, 4.69) is 36.1 Å². The van der Waals surface area contributed by atoms with Crippen molar-refractivity contribution in [3.63, 3.8) is 0 Å². The molecule has 0 radical (unpaired) electrons. The summed E-state index contributed by atoms with van der Waals surface area (Å²) in [6, 6.07) is 21.7. The number of benzene rings is 3. The van der Waals surface area contributed by atoms with Crippen LogP contribution in [0.1, 0.15) is 43.2 Å². The Balaban J connectivity index is 1.40. The third-order valence-corrected chi connectivity index (χ3v) is 9.63. The van der Waals surface area contributed by atoms with Crippen molar-refractivity contribution in [3.8, 4) is 22.6 Å². The van der Waals surface area contributed by atoms with Gasteiger partial charge in [0.1, 0.15) is 17.1 Å². The predicted octanol–water partition coefficient (Wildman–Crippen LogP) is 8.00. The van der Waals surface area contributed by atoms with E-state index in [4.69, 9.17) is 4.42 Å². The molecule has 1 saturated heterocycles. The Labute approximate surface area is 223 Å². The predicted molar refractivity (Wildman–Crippen MR) is 155 cm³/mol. The summed E-state index contributed by atoms with van der Waals surface area (Å²) in [5.41, 5.74) is 5.35. The van der Waals surface area contributed by atoms with Crippen LogP contribution < -0.4 is 0 Å². The van der Waals surface area contributed by atoms with Crippen molar-refractivity contribution in [3.05, 3.63) is 84.8 Å². The van der Waals surface area contributed by atoms with E-state index in [0.29, 0.717) is 5.58 Å². The van der Waals surface area contributed by atoms with Crippen LogP contribution in [0, 0.1) is 13.8 Å². The van der Waals surface area contributed by atoms with Gasteiger partial charge in [-0.1, -0.05) is 30.7 Å². The molecule has 0 spiro atoms. The van der Waals surface area contributed by atoms with Gasteiger partial charge in [0.05, 0.1) is 0 Å². The minimum Gasteiger partial charge on any atom is -0.508 e. The number of likely N-dealkylation sites (tertiary alicyclic amines) is 1. The normalized spacial score (nSPS) is 15.2. The van der Waals surface area contributed by atoms with E-state index in [9.17, 15) is 10.2 Å². The van der Waals surface area contributed by atoms with Gasteiger partial charge in [0.15, 0.2) is 3.35 Å². The monoisotopic (exact) mass is 595 g/mol. The number of phenolic OH excluding ortho intramolecular Hbond substituents is 2. The van der Waals surface area contributed by atoms with Crippen LogP contribution in [-0.4, -0.2) is 34.7 Å². The second-order valence-corrected chi connectivity index (χ2v) is 12.4. The van der Waals surface area contributed by atoms with E-state index in [-0.39, 0.29) is 11.5 Å². The molecule has 1 aliphatic rings. The van der Waals surface area contributed by atoms with E-state index >= 15 is 0 Å². The minimum atomic E-state index is -0.585. The number of phenols is 2. The highest BCUT2D eigenvalue weighted by Crippen LogP contribution is 2.36. The summed E-state index contributed by atoms with van der Waals surface area (Å²) in [6.45, 7) is 5.91. The Morgan fingerprint density at radius 3 is 2.31 bits per heavy atom. The van der Waals surface area contributed by atoms with Gasteiger partial charge in [-0.2, -0.15) is 0 Å². The zero-order valence-corrected chi connectivity index (χ0v) is 23.0. The molecule has 0 atom stereocenters. The Morgan fingerprint density at radius 1 is 0.833 bits per heavy atom. The number of hydrogen-bond acceptors (Lipinski definition) is 4. The van der Waals surface area contributed by atoms with Gasteiger partial charge >= 0.3 is 0 Å². The third-order valence-electron chi connectivity index (χ3n) is 7.04. The molecule has 2 N–H and O–H groups in total. The molecule has 1 aliphatic heterocycles. The number of hydrogen-bond donors (Lipinski definition) is 2. The van der Waals surface area contributed by atoms with Crippen LogP contribution in [0.3, 0.4) is 0 Å². The lowest BCUT2D eigenvalue weighted by atomic mass is 10.00. The SMILES string of the molecule is Cc1c(-c2ccc(O)cc2)c(=Ic2ccc(CCCCN3CCCCC3)cc2)oc2cc(O)ccc12. The average molecular weight is 596 g/mol. The van der Waals surface area contributed by atoms with E-state index < -0.39 is 20.7 Å².